The van der Waals surface area contributed by atoms with E-state index in [9.17, 15) is 22.8 Å². The van der Waals surface area contributed by atoms with Gasteiger partial charge in [-0.1, -0.05) is 0 Å². The molecule has 2 rings (SSSR count). The summed E-state index contributed by atoms with van der Waals surface area (Å²) in [7, 11) is 0. The number of carbonyl (C=O) groups excluding carboxylic acids is 1. The lowest BCUT2D eigenvalue weighted by Gasteiger charge is -2.34. The SMILES string of the molecule is CC(N1CCc2cncc(=O)n2C1=O)C(F)(F)F. The van der Waals surface area contributed by atoms with E-state index in [0.29, 0.717) is 10.6 Å². The predicted molar refractivity (Wildman–Crippen MR) is 55.2 cm³/mol. The van der Waals surface area contributed by atoms with E-state index in [2.05, 4.69) is 4.98 Å². The van der Waals surface area contributed by atoms with Crippen molar-refractivity contribution in [2.24, 2.45) is 0 Å². The normalized spacial score (nSPS) is 17.6. The first-order valence-electron chi connectivity index (χ1n) is 5.26. The van der Waals surface area contributed by atoms with Crippen LogP contribution in [0.25, 0.3) is 0 Å². The van der Waals surface area contributed by atoms with Gasteiger partial charge in [0.15, 0.2) is 0 Å². The first-order valence-corrected chi connectivity index (χ1v) is 5.26. The minimum atomic E-state index is -4.51. The first kappa shape index (κ1) is 12.6. The lowest BCUT2D eigenvalue weighted by molar-refractivity contribution is -0.171. The molecule has 0 saturated carbocycles. The summed E-state index contributed by atoms with van der Waals surface area (Å²) in [6.07, 6.45) is -2.11. The second-order valence-corrected chi connectivity index (χ2v) is 4.02. The zero-order valence-electron chi connectivity index (χ0n) is 9.44. The van der Waals surface area contributed by atoms with Gasteiger partial charge in [0.1, 0.15) is 6.04 Å². The van der Waals surface area contributed by atoms with Gasteiger partial charge in [0.25, 0.3) is 5.56 Å². The Labute approximate surface area is 99.8 Å². The number of hydrogen-bond donors (Lipinski definition) is 0. The Morgan fingerprint density at radius 3 is 2.61 bits per heavy atom. The highest BCUT2D eigenvalue weighted by Gasteiger charge is 2.43. The molecular formula is C10H10F3N3O2. The van der Waals surface area contributed by atoms with Gasteiger partial charge >= 0.3 is 12.2 Å². The summed E-state index contributed by atoms with van der Waals surface area (Å²) in [6, 6.07) is -2.87. The number of amides is 1. The summed E-state index contributed by atoms with van der Waals surface area (Å²) in [5, 5.41) is 0. The van der Waals surface area contributed by atoms with Crippen LogP contribution in [0.3, 0.4) is 0 Å². The number of rotatable bonds is 1. The second kappa shape index (κ2) is 4.11. The molecular weight excluding hydrogens is 251 g/mol. The minimum Gasteiger partial charge on any atom is -0.312 e. The third kappa shape index (κ3) is 1.98. The summed E-state index contributed by atoms with van der Waals surface area (Å²) in [5.74, 6) is 0. The van der Waals surface area contributed by atoms with Crippen LogP contribution in [0.5, 0.6) is 0 Å². The zero-order valence-corrected chi connectivity index (χ0v) is 9.44. The van der Waals surface area contributed by atoms with E-state index in [-0.39, 0.29) is 13.0 Å². The van der Waals surface area contributed by atoms with Crippen LogP contribution in [0.4, 0.5) is 18.0 Å². The first-order chi connectivity index (χ1) is 8.32. The van der Waals surface area contributed by atoms with Crippen LogP contribution in [-0.4, -0.2) is 39.2 Å². The van der Waals surface area contributed by atoms with E-state index in [1.54, 1.807) is 0 Å². The Morgan fingerprint density at radius 2 is 2.00 bits per heavy atom. The van der Waals surface area contributed by atoms with Gasteiger partial charge in [0.2, 0.25) is 0 Å². The van der Waals surface area contributed by atoms with Gasteiger partial charge in [-0.2, -0.15) is 13.2 Å². The van der Waals surface area contributed by atoms with E-state index in [4.69, 9.17) is 0 Å². The molecule has 1 aromatic rings. The van der Waals surface area contributed by atoms with Crippen molar-refractivity contribution in [2.75, 3.05) is 6.54 Å². The molecule has 0 saturated heterocycles. The van der Waals surface area contributed by atoms with E-state index in [0.717, 1.165) is 17.7 Å². The standard InChI is InChI=1S/C10H10F3N3O2/c1-6(10(11,12)13)15-3-2-7-4-14-5-8(17)16(7)9(15)18/h4-6H,2-3H2,1H3. The van der Waals surface area contributed by atoms with Crippen LogP contribution >= 0.6 is 0 Å². The zero-order chi connectivity index (χ0) is 13.5. The number of halogens is 3. The molecule has 1 amide bonds. The van der Waals surface area contributed by atoms with E-state index in [1.807, 2.05) is 0 Å². The fourth-order valence-corrected chi connectivity index (χ4v) is 1.83. The Morgan fingerprint density at radius 1 is 1.33 bits per heavy atom. The van der Waals surface area contributed by atoms with Gasteiger partial charge in [0, 0.05) is 19.2 Å². The molecule has 0 aliphatic carbocycles. The van der Waals surface area contributed by atoms with Crippen molar-refractivity contribution in [1.82, 2.24) is 14.5 Å². The summed E-state index contributed by atoms with van der Waals surface area (Å²) < 4.78 is 38.5. The predicted octanol–water partition coefficient (Wildman–Crippen LogP) is 1.02. The van der Waals surface area contributed by atoms with Gasteiger partial charge in [-0.05, 0) is 6.92 Å². The number of aromatic nitrogens is 2. The van der Waals surface area contributed by atoms with Gasteiger partial charge in [-0.25, -0.2) is 9.36 Å². The van der Waals surface area contributed by atoms with Gasteiger partial charge < -0.3 is 4.90 Å². The van der Waals surface area contributed by atoms with E-state index >= 15 is 0 Å². The highest BCUT2D eigenvalue weighted by atomic mass is 19.4. The fraction of sp³-hybridized carbons (Fsp3) is 0.500. The van der Waals surface area contributed by atoms with E-state index in [1.165, 1.54) is 6.20 Å². The third-order valence-electron chi connectivity index (χ3n) is 2.90. The van der Waals surface area contributed by atoms with Crippen LogP contribution < -0.4 is 5.56 Å². The average Bonchev–Trinajstić information content (AvgIpc) is 2.27. The second-order valence-electron chi connectivity index (χ2n) is 4.02. The number of nitrogens with zero attached hydrogens (tertiary/aromatic N) is 3. The molecule has 2 heterocycles. The molecule has 1 aliphatic heterocycles. The van der Waals surface area contributed by atoms with Crippen molar-refractivity contribution < 1.29 is 18.0 Å². The molecule has 1 aromatic heterocycles. The maximum Gasteiger partial charge on any atom is 0.408 e. The number of hydrogen-bond acceptors (Lipinski definition) is 3. The lowest BCUT2D eigenvalue weighted by Crippen LogP contribution is -2.54. The van der Waals surface area contributed by atoms with Crippen LogP contribution in [0.1, 0.15) is 12.6 Å². The Balaban J connectivity index is 2.40. The topological polar surface area (TPSA) is 55.2 Å². The highest BCUT2D eigenvalue weighted by molar-refractivity contribution is 5.78. The van der Waals surface area contributed by atoms with Crippen LogP contribution in [0.2, 0.25) is 0 Å². The van der Waals surface area contributed by atoms with Crippen molar-refractivity contribution in [3.05, 3.63) is 28.4 Å². The molecule has 18 heavy (non-hydrogen) atoms. The summed E-state index contributed by atoms with van der Waals surface area (Å²) >= 11 is 0. The maximum absolute atomic E-state index is 12.6. The smallest absolute Gasteiger partial charge is 0.312 e. The molecule has 0 N–H and O–H groups in total. The quantitative estimate of drug-likeness (QED) is 0.758. The molecule has 0 fully saturated rings. The molecule has 8 heteroatoms. The molecule has 1 unspecified atom stereocenters. The van der Waals surface area contributed by atoms with Crippen molar-refractivity contribution in [1.29, 1.82) is 0 Å². The molecule has 1 aliphatic rings. The molecule has 0 bridgehead atoms. The monoisotopic (exact) mass is 261 g/mol. The van der Waals surface area contributed by atoms with Gasteiger partial charge in [-0.3, -0.25) is 9.78 Å². The molecule has 1 atom stereocenters. The average molecular weight is 261 g/mol. The van der Waals surface area contributed by atoms with E-state index < -0.39 is 23.8 Å². The van der Waals surface area contributed by atoms with Gasteiger partial charge in [0.05, 0.1) is 11.9 Å². The molecule has 0 spiro atoms. The Hall–Kier alpha value is -1.86. The molecule has 98 valence electrons. The van der Waals surface area contributed by atoms with Crippen LogP contribution in [-0.2, 0) is 6.42 Å². The maximum atomic E-state index is 12.6. The highest BCUT2D eigenvalue weighted by Crippen LogP contribution is 2.26. The number of fused-ring (bicyclic) bond motifs is 1. The summed E-state index contributed by atoms with van der Waals surface area (Å²) in [4.78, 5) is 27.6. The number of carbonyl (C=O) groups is 1. The van der Waals surface area contributed by atoms with Crippen molar-refractivity contribution in [2.45, 2.75) is 25.6 Å². The van der Waals surface area contributed by atoms with Crippen molar-refractivity contribution in [3.8, 4) is 0 Å². The Bertz CT molecular complexity index is 538. The lowest BCUT2D eigenvalue weighted by atomic mass is 10.2. The van der Waals surface area contributed by atoms with Gasteiger partial charge in [-0.15, -0.1) is 0 Å². The summed E-state index contributed by atoms with van der Waals surface area (Å²) in [6.45, 7) is 0.819. The molecule has 5 nitrogen and oxygen atoms in total. The number of alkyl halides is 3. The fourth-order valence-electron chi connectivity index (χ4n) is 1.83. The molecule has 0 aromatic carbocycles. The van der Waals surface area contributed by atoms with Crippen LogP contribution in [0, 0.1) is 0 Å². The van der Waals surface area contributed by atoms with Crippen molar-refractivity contribution >= 4 is 6.03 Å². The Kier molecular flexibility index (Phi) is 2.88. The minimum absolute atomic E-state index is 0.0787. The van der Waals surface area contributed by atoms with Crippen molar-refractivity contribution in [3.63, 3.8) is 0 Å². The largest absolute Gasteiger partial charge is 0.408 e. The summed E-state index contributed by atoms with van der Waals surface area (Å²) in [5.41, 5.74) is -0.380. The third-order valence-corrected chi connectivity index (χ3v) is 2.90. The van der Waals surface area contributed by atoms with Crippen LogP contribution in [0.15, 0.2) is 17.2 Å². The molecule has 0 radical (unpaired) electrons.